The van der Waals surface area contributed by atoms with Gasteiger partial charge in [0, 0.05) is 17.1 Å². The summed E-state index contributed by atoms with van der Waals surface area (Å²) in [6.45, 7) is -1.70. The van der Waals surface area contributed by atoms with E-state index in [9.17, 15) is 23.2 Å². The zero-order chi connectivity index (χ0) is 17.0. The molecule has 2 rings (SSSR count). The summed E-state index contributed by atoms with van der Waals surface area (Å²) in [6.07, 6.45) is -4.89. The van der Waals surface area contributed by atoms with Gasteiger partial charge in [0.1, 0.15) is 5.52 Å². The van der Waals surface area contributed by atoms with Gasteiger partial charge in [-0.1, -0.05) is 15.9 Å². The van der Waals surface area contributed by atoms with E-state index in [0.29, 0.717) is 14.8 Å². The summed E-state index contributed by atoms with van der Waals surface area (Å²) < 4.78 is 40.3. The predicted octanol–water partition coefficient (Wildman–Crippen LogP) is 1.93. The van der Waals surface area contributed by atoms with Crippen molar-refractivity contribution in [2.45, 2.75) is 12.6 Å². The van der Waals surface area contributed by atoms with Crippen LogP contribution in [-0.2, 0) is 9.53 Å². The first-order valence-electron chi connectivity index (χ1n) is 6.28. The highest BCUT2D eigenvalue weighted by Crippen LogP contribution is 2.16. The first-order valence-corrected chi connectivity index (χ1v) is 7.07. The highest BCUT2D eigenvalue weighted by Gasteiger charge is 2.29. The molecule has 7 nitrogen and oxygen atoms in total. The Hall–Kier alpha value is -2.17. The van der Waals surface area contributed by atoms with Crippen molar-refractivity contribution in [3.63, 3.8) is 0 Å². The van der Waals surface area contributed by atoms with E-state index in [1.54, 1.807) is 18.2 Å². The molecule has 1 aromatic heterocycles. The molecule has 1 N–H and O–H groups in total. The van der Waals surface area contributed by atoms with Gasteiger partial charge in [-0.15, -0.1) is 0 Å². The molecule has 0 aliphatic carbocycles. The molecule has 0 atom stereocenters. The molecule has 1 heterocycles. The van der Waals surface area contributed by atoms with Gasteiger partial charge in [0.2, 0.25) is 0 Å². The van der Waals surface area contributed by atoms with Gasteiger partial charge in [0.25, 0.3) is 11.5 Å². The van der Waals surface area contributed by atoms with Crippen molar-refractivity contribution in [3.05, 3.63) is 27.9 Å². The van der Waals surface area contributed by atoms with Crippen LogP contribution < -0.4 is 10.2 Å². The van der Waals surface area contributed by atoms with Gasteiger partial charge in [-0.3, -0.25) is 4.79 Å². The Morgan fingerprint density at radius 1 is 1.43 bits per heavy atom. The first kappa shape index (κ1) is 17.2. The monoisotopic (exact) mass is 394 g/mol. The van der Waals surface area contributed by atoms with Gasteiger partial charge in [0.05, 0.1) is 11.5 Å². The number of anilines is 1. The fourth-order valence-electron chi connectivity index (χ4n) is 1.61. The Labute approximate surface area is 136 Å². The second-order valence-electron chi connectivity index (χ2n) is 4.39. The number of rotatable bonds is 5. The molecule has 0 fully saturated rings. The quantitative estimate of drug-likeness (QED) is 0.473. The van der Waals surface area contributed by atoms with Crippen molar-refractivity contribution in [2.24, 2.45) is 0 Å². The molecule has 2 aromatic rings. The Balaban J connectivity index is 1.92. The van der Waals surface area contributed by atoms with Gasteiger partial charge >= 0.3 is 12.1 Å². The van der Waals surface area contributed by atoms with Crippen molar-refractivity contribution in [2.75, 3.05) is 18.5 Å². The maximum Gasteiger partial charge on any atom is 0.422 e. The third kappa shape index (κ3) is 5.20. The van der Waals surface area contributed by atoms with Gasteiger partial charge in [-0.25, -0.2) is 4.98 Å². The van der Waals surface area contributed by atoms with Crippen LogP contribution in [0.1, 0.15) is 6.42 Å². The summed E-state index contributed by atoms with van der Waals surface area (Å²) in [4.78, 5) is 15.5. The number of carbonyl (C=O) groups excluding carboxylic acids is 1. The number of nitrogens with zero attached hydrogens (tertiary/aromatic N) is 3. The molecule has 0 amide bonds. The summed E-state index contributed by atoms with van der Waals surface area (Å²) in [5.74, 6) is -1.06. The number of hydrogen-bond acceptors (Lipinski definition) is 6. The van der Waals surface area contributed by atoms with Crippen molar-refractivity contribution in [1.29, 1.82) is 0 Å². The minimum absolute atomic E-state index is 0.0431. The van der Waals surface area contributed by atoms with Crippen LogP contribution in [-0.4, -0.2) is 35.4 Å². The summed E-state index contributed by atoms with van der Waals surface area (Å²) in [5.41, 5.74) is 0.620. The third-order valence-electron chi connectivity index (χ3n) is 2.56. The summed E-state index contributed by atoms with van der Waals surface area (Å²) in [5, 5.41) is 17.9. The van der Waals surface area contributed by atoms with E-state index in [0.717, 1.165) is 0 Å². The molecule has 1 aromatic carbocycles. The molecule has 0 spiro atoms. The number of aromatic nitrogens is 3. The van der Waals surface area contributed by atoms with Crippen molar-refractivity contribution >= 4 is 38.9 Å². The molecule has 0 aliphatic heterocycles. The number of nitrogens with one attached hydrogen (secondary N) is 1. The van der Waals surface area contributed by atoms with Crippen LogP contribution in [0.5, 0.6) is 0 Å². The lowest BCUT2D eigenvalue weighted by Gasteiger charge is -2.08. The van der Waals surface area contributed by atoms with Crippen molar-refractivity contribution in [3.8, 4) is 0 Å². The lowest BCUT2D eigenvalue weighted by molar-refractivity contribution is -0.641. The van der Waals surface area contributed by atoms with Gasteiger partial charge in [-0.2, -0.15) is 13.2 Å². The van der Waals surface area contributed by atoms with Crippen LogP contribution in [0.4, 0.5) is 19.1 Å². The second kappa shape index (κ2) is 6.94. The smallest absolute Gasteiger partial charge is 0.422 e. The van der Waals surface area contributed by atoms with E-state index in [2.05, 4.69) is 36.1 Å². The zero-order valence-corrected chi connectivity index (χ0v) is 13.0. The molecule has 23 heavy (non-hydrogen) atoms. The average molecular weight is 395 g/mol. The highest BCUT2D eigenvalue weighted by atomic mass is 79.9. The zero-order valence-electron chi connectivity index (χ0n) is 11.4. The molecule has 0 radical (unpaired) electrons. The maximum atomic E-state index is 11.9. The number of carbonyl (C=O) groups is 1. The summed E-state index contributed by atoms with van der Waals surface area (Å²) >= 11 is 3.22. The summed E-state index contributed by atoms with van der Waals surface area (Å²) in [7, 11) is 0. The average Bonchev–Trinajstić information content (AvgIpc) is 2.45. The van der Waals surface area contributed by atoms with Crippen LogP contribution in [0.3, 0.4) is 0 Å². The topological polar surface area (TPSA) is 91.1 Å². The third-order valence-corrected chi connectivity index (χ3v) is 3.06. The highest BCUT2D eigenvalue weighted by molar-refractivity contribution is 9.10. The lowest BCUT2D eigenvalue weighted by atomic mass is 10.3. The molecule has 124 valence electrons. The SMILES string of the molecule is O=C(CCNc1nc2ccc(Br)cc2[n+]([O-])n1)OCC(F)(F)F. The molecular weight excluding hydrogens is 385 g/mol. The molecule has 0 aliphatic rings. The number of benzene rings is 1. The van der Waals surface area contributed by atoms with E-state index >= 15 is 0 Å². The van der Waals surface area contributed by atoms with Gasteiger partial charge in [0.15, 0.2) is 6.61 Å². The number of halogens is 4. The molecule has 0 saturated heterocycles. The normalized spacial score (nSPS) is 11.5. The second-order valence-corrected chi connectivity index (χ2v) is 5.31. The Morgan fingerprint density at radius 2 is 2.17 bits per heavy atom. The maximum absolute atomic E-state index is 11.9. The van der Waals surface area contributed by atoms with Crippen LogP contribution >= 0.6 is 15.9 Å². The van der Waals surface area contributed by atoms with Crippen molar-refractivity contribution < 1.29 is 27.5 Å². The van der Waals surface area contributed by atoms with Crippen LogP contribution in [0.2, 0.25) is 0 Å². The van der Waals surface area contributed by atoms with E-state index in [-0.39, 0.29) is 24.4 Å². The Bertz CT molecular complexity index is 726. The number of alkyl halides is 3. The van der Waals surface area contributed by atoms with Crippen LogP contribution in [0, 0.1) is 5.21 Å². The van der Waals surface area contributed by atoms with Gasteiger partial charge in [-0.05, 0) is 17.0 Å². The van der Waals surface area contributed by atoms with Gasteiger partial charge < -0.3 is 15.3 Å². The molecule has 11 heteroatoms. The van der Waals surface area contributed by atoms with Crippen LogP contribution in [0.25, 0.3) is 11.0 Å². The minimum Gasteiger partial charge on any atom is -0.594 e. The number of hydrogen-bond donors (Lipinski definition) is 1. The Kier molecular flexibility index (Phi) is 5.19. The van der Waals surface area contributed by atoms with E-state index < -0.39 is 18.8 Å². The standard InChI is InChI=1S/C12H10BrF3N4O3/c13-7-1-2-8-9(5-7)20(22)19-11(18-8)17-4-3-10(21)23-6-12(14,15)16/h1-2,5H,3-4,6H2,(H,17,18,19). The van der Waals surface area contributed by atoms with Crippen molar-refractivity contribution in [1.82, 2.24) is 10.1 Å². The number of ether oxygens (including phenoxy) is 1. The molecule has 0 unspecified atom stereocenters. The fourth-order valence-corrected chi connectivity index (χ4v) is 1.96. The predicted molar refractivity (Wildman–Crippen MR) is 76.3 cm³/mol. The molecular formula is C12H10BrF3N4O3. The lowest BCUT2D eigenvalue weighted by Crippen LogP contribution is -2.33. The largest absolute Gasteiger partial charge is 0.594 e. The molecule has 0 bridgehead atoms. The van der Waals surface area contributed by atoms with E-state index in [1.807, 2.05) is 0 Å². The Morgan fingerprint density at radius 3 is 2.87 bits per heavy atom. The van der Waals surface area contributed by atoms with E-state index in [1.165, 1.54) is 0 Å². The van der Waals surface area contributed by atoms with E-state index in [4.69, 9.17) is 0 Å². The first-order chi connectivity index (χ1) is 10.7. The minimum atomic E-state index is -4.56. The fraction of sp³-hybridized carbons (Fsp3) is 0.333. The number of esters is 1. The summed E-state index contributed by atoms with van der Waals surface area (Å²) in [6, 6.07) is 4.83. The molecule has 0 saturated carbocycles. The van der Waals surface area contributed by atoms with Crippen LogP contribution in [0.15, 0.2) is 22.7 Å². The number of fused-ring (bicyclic) bond motifs is 1.